The van der Waals surface area contributed by atoms with Crippen molar-refractivity contribution in [2.75, 3.05) is 17.7 Å². The van der Waals surface area contributed by atoms with E-state index < -0.39 is 0 Å². The molecule has 3 rings (SSSR count). The van der Waals surface area contributed by atoms with Gasteiger partial charge in [0.2, 0.25) is 0 Å². The van der Waals surface area contributed by atoms with E-state index >= 15 is 0 Å². The van der Waals surface area contributed by atoms with Gasteiger partial charge in [0.25, 0.3) is 0 Å². The number of nitrogens with one attached hydrogen (secondary N) is 2. The normalized spacial score (nSPS) is 16.9. The van der Waals surface area contributed by atoms with Crippen LogP contribution in [-0.4, -0.2) is 12.1 Å². The van der Waals surface area contributed by atoms with Crippen LogP contribution in [0.1, 0.15) is 17.2 Å². The molecule has 0 bridgehead atoms. The number of ether oxygens (including phenoxy) is 1. The Morgan fingerprint density at radius 3 is 2.75 bits per heavy atom. The first kappa shape index (κ1) is 12.7. The lowest BCUT2D eigenvalue weighted by Gasteiger charge is -2.26. The molecule has 2 heterocycles. The molecule has 0 aliphatic carbocycles. The van der Waals surface area contributed by atoms with Crippen LogP contribution in [0.15, 0.2) is 54.5 Å². The topological polar surface area (TPSA) is 46.2 Å². The van der Waals surface area contributed by atoms with E-state index in [1.54, 1.807) is 13.3 Å². The molecule has 102 valence electrons. The number of aromatic nitrogens is 1. The van der Waals surface area contributed by atoms with E-state index in [1.807, 2.05) is 42.5 Å². The average molecular weight is 267 g/mol. The number of pyridine rings is 1. The number of fused-ring (bicyclic) bond motifs is 1. The van der Waals surface area contributed by atoms with Crippen molar-refractivity contribution < 1.29 is 4.74 Å². The Kier molecular flexibility index (Phi) is 3.39. The van der Waals surface area contributed by atoms with Crippen LogP contribution in [0.4, 0.5) is 11.5 Å². The highest BCUT2D eigenvalue weighted by molar-refractivity contribution is 5.61. The molecular weight excluding hydrogens is 250 g/mol. The predicted molar refractivity (Wildman–Crippen MR) is 80.5 cm³/mol. The van der Waals surface area contributed by atoms with Crippen LogP contribution >= 0.6 is 0 Å². The van der Waals surface area contributed by atoms with Crippen LogP contribution in [0.2, 0.25) is 0 Å². The summed E-state index contributed by atoms with van der Waals surface area (Å²) in [6.07, 6.45) is 3.75. The van der Waals surface area contributed by atoms with E-state index in [4.69, 9.17) is 4.74 Å². The van der Waals surface area contributed by atoms with Gasteiger partial charge in [0.05, 0.1) is 0 Å². The van der Waals surface area contributed by atoms with Gasteiger partial charge in [-0.2, -0.15) is 0 Å². The van der Waals surface area contributed by atoms with Crippen molar-refractivity contribution in [3.63, 3.8) is 0 Å². The van der Waals surface area contributed by atoms with Crippen LogP contribution in [-0.2, 0) is 4.74 Å². The maximum absolute atomic E-state index is 5.57. The quantitative estimate of drug-likeness (QED) is 0.894. The second-order valence-corrected chi connectivity index (χ2v) is 4.74. The molecule has 2 N–H and O–H groups in total. The van der Waals surface area contributed by atoms with Gasteiger partial charge in [-0.05, 0) is 36.8 Å². The Morgan fingerprint density at radius 1 is 1.20 bits per heavy atom. The van der Waals surface area contributed by atoms with Gasteiger partial charge in [0, 0.05) is 24.6 Å². The Balaban J connectivity index is 1.91. The van der Waals surface area contributed by atoms with Gasteiger partial charge >= 0.3 is 0 Å². The fourth-order valence-electron chi connectivity index (χ4n) is 2.37. The van der Waals surface area contributed by atoms with Gasteiger partial charge in [-0.3, -0.25) is 0 Å². The number of nitrogens with zero attached hydrogens (tertiary/aromatic N) is 1. The molecular formula is C16H17N3O. The molecule has 1 aromatic carbocycles. The van der Waals surface area contributed by atoms with Crippen LogP contribution < -0.4 is 10.6 Å². The smallest absolute Gasteiger partial charge is 0.137 e. The van der Waals surface area contributed by atoms with Crippen LogP contribution in [0.5, 0.6) is 0 Å². The fraction of sp³-hybridized carbons (Fsp3) is 0.188. The summed E-state index contributed by atoms with van der Waals surface area (Å²) < 4.78 is 5.57. The SMILES string of the molecule is COC1C=C(Nc2ccccc2)Nc2nccc(C)c21. The minimum absolute atomic E-state index is 0.0915. The van der Waals surface area contributed by atoms with Gasteiger partial charge in [0.1, 0.15) is 17.7 Å². The Bertz CT molecular complexity index is 637. The first-order valence-corrected chi connectivity index (χ1v) is 6.57. The lowest BCUT2D eigenvalue weighted by molar-refractivity contribution is 0.141. The second-order valence-electron chi connectivity index (χ2n) is 4.74. The Hall–Kier alpha value is -2.33. The van der Waals surface area contributed by atoms with E-state index in [2.05, 4.69) is 22.5 Å². The number of rotatable bonds is 3. The summed E-state index contributed by atoms with van der Waals surface area (Å²) in [5, 5.41) is 6.64. The first-order valence-electron chi connectivity index (χ1n) is 6.57. The maximum Gasteiger partial charge on any atom is 0.137 e. The molecule has 0 radical (unpaired) electrons. The number of hydrogen-bond acceptors (Lipinski definition) is 4. The first-order chi connectivity index (χ1) is 9.78. The number of anilines is 2. The molecule has 20 heavy (non-hydrogen) atoms. The second kappa shape index (κ2) is 5.35. The van der Waals surface area contributed by atoms with Gasteiger partial charge in [-0.25, -0.2) is 4.98 Å². The fourth-order valence-corrected chi connectivity index (χ4v) is 2.37. The van der Waals surface area contributed by atoms with Crippen LogP contribution in [0.25, 0.3) is 0 Å². The third kappa shape index (κ3) is 2.38. The minimum Gasteiger partial charge on any atom is -0.372 e. The molecule has 1 unspecified atom stereocenters. The summed E-state index contributed by atoms with van der Waals surface area (Å²) in [7, 11) is 1.71. The Morgan fingerprint density at radius 2 is 2.00 bits per heavy atom. The Labute approximate surface area is 118 Å². The molecule has 4 heteroatoms. The lowest BCUT2D eigenvalue weighted by atomic mass is 10.0. The van der Waals surface area contributed by atoms with E-state index in [1.165, 1.54) is 5.56 Å². The highest BCUT2D eigenvalue weighted by Crippen LogP contribution is 2.33. The van der Waals surface area contributed by atoms with Crippen molar-refractivity contribution in [3.8, 4) is 0 Å². The molecule has 0 amide bonds. The predicted octanol–water partition coefficient (Wildman–Crippen LogP) is 3.46. The van der Waals surface area contributed by atoms with Gasteiger partial charge in [-0.1, -0.05) is 18.2 Å². The van der Waals surface area contributed by atoms with Crippen molar-refractivity contribution >= 4 is 11.5 Å². The molecule has 1 atom stereocenters. The van der Waals surface area contributed by atoms with E-state index in [0.717, 1.165) is 22.9 Å². The van der Waals surface area contributed by atoms with Crippen molar-refractivity contribution in [1.82, 2.24) is 4.98 Å². The molecule has 1 aromatic heterocycles. The largest absolute Gasteiger partial charge is 0.372 e. The van der Waals surface area contributed by atoms with E-state index in [-0.39, 0.29) is 6.10 Å². The molecule has 0 spiro atoms. The number of hydrogen-bond donors (Lipinski definition) is 2. The summed E-state index contributed by atoms with van der Waals surface area (Å²) in [5.41, 5.74) is 3.29. The van der Waals surface area contributed by atoms with Crippen molar-refractivity contribution in [1.29, 1.82) is 0 Å². The summed E-state index contributed by atoms with van der Waals surface area (Å²) in [6.45, 7) is 2.07. The third-order valence-corrected chi connectivity index (χ3v) is 3.37. The van der Waals surface area contributed by atoms with Crippen LogP contribution in [0, 0.1) is 6.92 Å². The summed E-state index contributed by atoms with van der Waals surface area (Å²) in [6, 6.07) is 12.0. The van der Waals surface area contributed by atoms with Gasteiger partial charge < -0.3 is 15.4 Å². The van der Waals surface area contributed by atoms with Crippen molar-refractivity contribution in [3.05, 3.63) is 65.6 Å². The van der Waals surface area contributed by atoms with Gasteiger partial charge in [0.15, 0.2) is 0 Å². The summed E-state index contributed by atoms with van der Waals surface area (Å²) in [4.78, 5) is 4.40. The van der Waals surface area contributed by atoms with Crippen molar-refractivity contribution in [2.45, 2.75) is 13.0 Å². The number of para-hydroxylation sites is 1. The molecule has 2 aromatic rings. The zero-order valence-electron chi connectivity index (χ0n) is 11.6. The molecule has 1 aliphatic rings. The highest BCUT2D eigenvalue weighted by Gasteiger charge is 2.22. The van der Waals surface area contributed by atoms with Gasteiger partial charge in [-0.15, -0.1) is 0 Å². The molecule has 0 saturated carbocycles. The average Bonchev–Trinajstić information content (AvgIpc) is 2.47. The van der Waals surface area contributed by atoms with Crippen molar-refractivity contribution in [2.24, 2.45) is 0 Å². The summed E-state index contributed by atoms with van der Waals surface area (Å²) >= 11 is 0. The minimum atomic E-state index is -0.0915. The summed E-state index contributed by atoms with van der Waals surface area (Å²) in [5.74, 6) is 1.73. The van der Waals surface area contributed by atoms with Crippen LogP contribution in [0.3, 0.4) is 0 Å². The lowest BCUT2D eigenvalue weighted by Crippen LogP contribution is -2.20. The zero-order valence-corrected chi connectivity index (χ0v) is 11.6. The number of methoxy groups -OCH3 is 1. The molecule has 1 aliphatic heterocycles. The number of aryl methyl sites for hydroxylation is 1. The van der Waals surface area contributed by atoms with E-state index in [0.29, 0.717) is 0 Å². The zero-order chi connectivity index (χ0) is 13.9. The monoisotopic (exact) mass is 267 g/mol. The molecule has 0 fully saturated rings. The maximum atomic E-state index is 5.57. The molecule has 4 nitrogen and oxygen atoms in total. The standard InChI is InChI=1S/C16H17N3O/c1-11-8-9-17-16-15(11)13(20-2)10-14(19-16)18-12-6-4-3-5-7-12/h3-10,13,18H,1-2H3,(H,17,19). The third-order valence-electron chi connectivity index (χ3n) is 3.37. The molecule has 0 saturated heterocycles. The van der Waals surface area contributed by atoms with E-state index in [9.17, 15) is 0 Å². The highest BCUT2D eigenvalue weighted by atomic mass is 16.5. The number of benzene rings is 1.